The van der Waals surface area contributed by atoms with E-state index >= 15 is 0 Å². The zero-order chi connectivity index (χ0) is 19.0. The molecular formula is C20H15ClN4O2. The molecule has 1 atom stereocenters. The number of nitrogens with zero attached hydrogens (tertiary/aromatic N) is 2. The summed E-state index contributed by atoms with van der Waals surface area (Å²) < 4.78 is 10.8. The monoisotopic (exact) mass is 378 g/mol. The molecule has 7 heteroatoms. The molecular weight excluding hydrogens is 364 g/mol. The van der Waals surface area contributed by atoms with Crippen LogP contribution in [0.4, 0.5) is 0 Å². The van der Waals surface area contributed by atoms with Crippen LogP contribution in [-0.4, -0.2) is 17.3 Å². The van der Waals surface area contributed by atoms with E-state index in [1.54, 1.807) is 13.2 Å². The number of allylic oxidation sites excluding steroid dienone is 1. The lowest BCUT2D eigenvalue weighted by Gasteiger charge is -2.24. The molecule has 0 radical (unpaired) electrons. The van der Waals surface area contributed by atoms with Crippen molar-refractivity contribution in [2.45, 2.75) is 5.92 Å². The zero-order valence-corrected chi connectivity index (χ0v) is 15.1. The summed E-state index contributed by atoms with van der Waals surface area (Å²) in [7, 11) is 1.61. The Kier molecular flexibility index (Phi) is 4.22. The minimum atomic E-state index is -0.483. The summed E-state index contributed by atoms with van der Waals surface area (Å²) in [5, 5.41) is 17.5. The van der Waals surface area contributed by atoms with Gasteiger partial charge in [0, 0.05) is 10.6 Å². The second-order valence-corrected chi connectivity index (χ2v) is 6.40. The summed E-state index contributed by atoms with van der Waals surface area (Å²) in [6.07, 6.45) is 0. The Morgan fingerprint density at radius 3 is 2.63 bits per heavy atom. The molecule has 0 saturated carbocycles. The van der Waals surface area contributed by atoms with Gasteiger partial charge in [-0.2, -0.15) is 5.26 Å². The highest BCUT2D eigenvalue weighted by Gasteiger charge is 2.36. The molecule has 2 heterocycles. The Morgan fingerprint density at radius 2 is 1.96 bits per heavy atom. The van der Waals surface area contributed by atoms with Gasteiger partial charge < -0.3 is 15.2 Å². The van der Waals surface area contributed by atoms with Gasteiger partial charge in [0.25, 0.3) is 0 Å². The second-order valence-electron chi connectivity index (χ2n) is 5.99. The van der Waals surface area contributed by atoms with E-state index in [0.717, 1.165) is 28.1 Å². The van der Waals surface area contributed by atoms with Crippen molar-refractivity contribution < 1.29 is 9.47 Å². The van der Waals surface area contributed by atoms with Crippen LogP contribution in [0.25, 0.3) is 11.3 Å². The highest BCUT2D eigenvalue weighted by molar-refractivity contribution is 6.31. The molecule has 6 nitrogen and oxygen atoms in total. The number of H-pyrrole nitrogens is 1. The van der Waals surface area contributed by atoms with Crippen LogP contribution in [0.5, 0.6) is 11.6 Å². The van der Waals surface area contributed by atoms with Crippen molar-refractivity contribution in [3.8, 4) is 29.0 Å². The minimum absolute atomic E-state index is 0.0303. The SMILES string of the molecule is COc1ccc(-c2[nH]nc3c2C(c2ccccc2Cl)C(C#N)=C(N)O3)cc1. The first-order valence-electron chi connectivity index (χ1n) is 8.18. The van der Waals surface area contributed by atoms with Gasteiger partial charge in [0.15, 0.2) is 0 Å². The van der Waals surface area contributed by atoms with Gasteiger partial charge in [-0.3, -0.25) is 5.10 Å². The summed E-state index contributed by atoms with van der Waals surface area (Å²) in [4.78, 5) is 0. The van der Waals surface area contributed by atoms with Crippen LogP contribution < -0.4 is 15.2 Å². The van der Waals surface area contributed by atoms with Crippen LogP contribution in [0.1, 0.15) is 17.0 Å². The lowest BCUT2D eigenvalue weighted by Crippen LogP contribution is -2.21. The Hall–Kier alpha value is -3.43. The van der Waals surface area contributed by atoms with Gasteiger partial charge in [0.05, 0.1) is 24.3 Å². The van der Waals surface area contributed by atoms with Crippen molar-refractivity contribution >= 4 is 11.6 Å². The molecule has 27 heavy (non-hydrogen) atoms. The number of aromatic nitrogens is 2. The molecule has 1 aliphatic heterocycles. The average molecular weight is 379 g/mol. The quantitative estimate of drug-likeness (QED) is 0.719. The Labute approximate surface area is 160 Å². The number of nitrogens with two attached hydrogens (primary N) is 1. The smallest absolute Gasteiger partial charge is 0.244 e. The first-order valence-corrected chi connectivity index (χ1v) is 8.56. The number of ether oxygens (including phenoxy) is 2. The van der Waals surface area contributed by atoms with E-state index in [4.69, 9.17) is 26.8 Å². The Balaban J connectivity index is 1.93. The fourth-order valence-electron chi connectivity index (χ4n) is 3.24. The fraction of sp³-hybridized carbons (Fsp3) is 0.100. The predicted molar refractivity (Wildman–Crippen MR) is 101 cm³/mol. The third-order valence-corrected chi connectivity index (χ3v) is 4.88. The number of nitriles is 1. The van der Waals surface area contributed by atoms with Gasteiger partial charge in [-0.05, 0) is 35.9 Å². The lowest BCUT2D eigenvalue weighted by molar-refractivity contribution is 0.379. The summed E-state index contributed by atoms with van der Waals surface area (Å²) in [5.41, 5.74) is 9.38. The topological polar surface area (TPSA) is 97.0 Å². The highest BCUT2D eigenvalue weighted by Crippen LogP contribution is 2.47. The molecule has 3 aromatic rings. The number of benzene rings is 2. The van der Waals surface area contributed by atoms with Crippen molar-refractivity contribution in [3.05, 3.63) is 76.1 Å². The predicted octanol–water partition coefficient (Wildman–Crippen LogP) is 3.96. The number of halogens is 1. The maximum Gasteiger partial charge on any atom is 0.244 e. The van der Waals surface area contributed by atoms with Gasteiger partial charge in [-0.1, -0.05) is 29.8 Å². The van der Waals surface area contributed by atoms with Gasteiger partial charge in [0.2, 0.25) is 11.8 Å². The number of aromatic amines is 1. The highest BCUT2D eigenvalue weighted by atomic mass is 35.5. The maximum absolute atomic E-state index is 9.72. The molecule has 1 unspecified atom stereocenters. The van der Waals surface area contributed by atoms with E-state index in [2.05, 4.69) is 16.3 Å². The van der Waals surface area contributed by atoms with Crippen molar-refractivity contribution in [2.24, 2.45) is 5.73 Å². The number of nitrogens with one attached hydrogen (secondary N) is 1. The first-order chi connectivity index (χ1) is 13.1. The maximum atomic E-state index is 9.72. The number of rotatable bonds is 3. The van der Waals surface area contributed by atoms with Crippen LogP contribution in [-0.2, 0) is 0 Å². The fourth-order valence-corrected chi connectivity index (χ4v) is 3.49. The molecule has 0 saturated heterocycles. The van der Waals surface area contributed by atoms with Crippen molar-refractivity contribution in [2.75, 3.05) is 7.11 Å². The normalized spacial score (nSPS) is 15.7. The molecule has 0 spiro atoms. The van der Waals surface area contributed by atoms with Crippen molar-refractivity contribution in [3.63, 3.8) is 0 Å². The number of methoxy groups -OCH3 is 1. The lowest BCUT2D eigenvalue weighted by atomic mass is 9.83. The molecule has 1 aromatic heterocycles. The molecule has 3 N–H and O–H groups in total. The summed E-state index contributed by atoms with van der Waals surface area (Å²) in [6.45, 7) is 0. The standard InChI is InChI=1S/C20H15ClN4O2/c1-26-12-8-6-11(7-9-12)18-17-16(13-4-2-3-5-15(13)21)14(10-22)19(23)27-20(17)25-24-18/h2-9,16H,23H2,1H3,(H,24,25). The van der Waals surface area contributed by atoms with E-state index in [1.165, 1.54) is 0 Å². The average Bonchev–Trinajstić information content (AvgIpc) is 3.11. The number of fused-ring (bicyclic) bond motifs is 1. The Bertz CT molecular complexity index is 1080. The van der Waals surface area contributed by atoms with Crippen LogP contribution >= 0.6 is 11.6 Å². The number of hydrogen-bond donors (Lipinski definition) is 2. The molecule has 4 rings (SSSR count). The molecule has 0 fully saturated rings. The first kappa shape index (κ1) is 17.0. The van der Waals surface area contributed by atoms with Crippen molar-refractivity contribution in [1.29, 1.82) is 5.26 Å². The summed E-state index contributed by atoms with van der Waals surface area (Å²) in [5.74, 6) is 0.626. The number of hydrogen-bond acceptors (Lipinski definition) is 5. The third-order valence-electron chi connectivity index (χ3n) is 4.53. The molecule has 0 bridgehead atoms. The van der Waals surface area contributed by atoms with Gasteiger partial charge >= 0.3 is 0 Å². The molecule has 2 aromatic carbocycles. The van der Waals surface area contributed by atoms with Gasteiger partial charge in [-0.15, -0.1) is 5.10 Å². The van der Waals surface area contributed by atoms with Crippen LogP contribution in [0, 0.1) is 11.3 Å². The van der Waals surface area contributed by atoms with Crippen molar-refractivity contribution in [1.82, 2.24) is 10.2 Å². The van der Waals surface area contributed by atoms with E-state index in [9.17, 15) is 5.26 Å². The summed E-state index contributed by atoms with van der Waals surface area (Å²) in [6, 6.07) is 17.0. The van der Waals surface area contributed by atoms with Gasteiger partial charge in [0.1, 0.15) is 17.4 Å². The largest absolute Gasteiger partial charge is 0.497 e. The molecule has 0 aliphatic carbocycles. The molecule has 1 aliphatic rings. The van der Waals surface area contributed by atoms with E-state index in [1.807, 2.05) is 42.5 Å². The minimum Gasteiger partial charge on any atom is -0.497 e. The third kappa shape index (κ3) is 2.78. The Morgan fingerprint density at radius 1 is 1.22 bits per heavy atom. The van der Waals surface area contributed by atoms with Crippen LogP contribution in [0.2, 0.25) is 5.02 Å². The summed E-state index contributed by atoms with van der Waals surface area (Å²) >= 11 is 6.44. The van der Waals surface area contributed by atoms with E-state index in [0.29, 0.717) is 16.5 Å². The van der Waals surface area contributed by atoms with E-state index in [-0.39, 0.29) is 5.88 Å². The molecule has 134 valence electrons. The van der Waals surface area contributed by atoms with Crippen LogP contribution in [0.15, 0.2) is 60.0 Å². The molecule has 0 amide bonds. The van der Waals surface area contributed by atoms with Crippen LogP contribution in [0.3, 0.4) is 0 Å². The second kappa shape index (κ2) is 6.71. The zero-order valence-electron chi connectivity index (χ0n) is 14.4. The van der Waals surface area contributed by atoms with E-state index < -0.39 is 5.92 Å². The van der Waals surface area contributed by atoms with Gasteiger partial charge in [-0.25, -0.2) is 0 Å².